The van der Waals surface area contributed by atoms with Crippen LogP contribution in [-0.2, 0) is 4.79 Å². The summed E-state index contributed by atoms with van der Waals surface area (Å²) in [7, 11) is 0. The first-order valence-corrected chi connectivity index (χ1v) is 8.65. The quantitative estimate of drug-likeness (QED) is 0.611. The summed E-state index contributed by atoms with van der Waals surface area (Å²) < 4.78 is 5.76. The van der Waals surface area contributed by atoms with Crippen LogP contribution in [-0.4, -0.2) is 63.6 Å². The third-order valence-electron chi connectivity index (χ3n) is 3.82. The number of carbonyl (C=O) groups is 2. The minimum Gasteiger partial charge on any atom is -0.459 e. The molecule has 0 unspecified atom stereocenters. The Bertz CT molecular complexity index is 649. The number of hydrogen-bond donors (Lipinski definition) is 0. The van der Waals surface area contributed by atoms with Crippen LogP contribution in [0.4, 0.5) is 0 Å². The highest BCUT2D eigenvalue weighted by Gasteiger charge is 2.32. The predicted molar refractivity (Wildman–Crippen MR) is 91.8 cm³/mol. The minimum atomic E-state index is -0.0908. The highest BCUT2D eigenvalue weighted by Crippen LogP contribution is 2.31. The number of carbonyl (C=O) groups excluding carboxylic acids is 2. The number of hydrogen-bond acceptors (Lipinski definition) is 6. The van der Waals surface area contributed by atoms with Crippen LogP contribution < -0.4 is 0 Å². The molecule has 2 aliphatic rings. The lowest BCUT2D eigenvalue weighted by Crippen LogP contribution is -2.46. The Morgan fingerprint density at radius 1 is 1.39 bits per heavy atom. The van der Waals surface area contributed by atoms with Crippen molar-refractivity contribution in [2.75, 3.05) is 32.7 Å². The molecule has 23 heavy (non-hydrogen) atoms. The summed E-state index contributed by atoms with van der Waals surface area (Å²) in [5.41, 5.74) is 0. The van der Waals surface area contributed by atoms with Crippen LogP contribution in [0.15, 0.2) is 33.9 Å². The molecule has 122 valence electrons. The van der Waals surface area contributed by atoms with Gasteiger partial charge in [0.2, 0.25) is 0 Å². The van der Waals surface area contributed by atoms with E-state index in [9.17, 15) is 9.59 Å². The van der Waals surface area contributed by atoms with Crippen molar-refractivity contribution in [1.82, 2.24) is 14.7 Å². The number of thiocarbonyl (C=S) groups is 1. The van der Waals surface area contributed by atoms with Crippen LogP contribution in [0.3, 0.4) is 0 Å². The van der Waals surface area contributed by atoms with Gasteiger partial charge in [-0.1, -0.05) is 24.0 Å². The first-order valence-electron chi connectivity index (χ1n) is 7.42. The second-order valence-corrected chi connectivity index (χ2v) is 6.89. The zero-order valence-electron chi connectivity index (χ0n) is 12.7. The van der Waals surface area contributed by atoms with Gasteiger partial charge in [-0.15, -0.1) is 0 Å². The maximum absolute atomic E-state index is 12.2. The number of thioether (sulfide) groups is 1. The topological polar surface area (TPSA) is 57.0 Å². The van der Waals surface area contributed by atoms with Crippen LogP contribution >= 0.6 is 24.0 Å². The Morgan fingerprint density at radius 2 is 2.13 bits per heavy atom. The monoisotopic (exact) mass is 351 g/mol. The normalized spacial score (nSPS) is 20.7. The van der Waals surface area contributed by atoms with Gasteiger partial charge in [0.25, 0.3) is 11.8 Å². The first-order chi connectivity index (χ1) is 11.1. The molecule has 2 fully saturated rings. The number of rotatable bonds is 3. The summed E-state index contributed by atoms with van der Waals surface area (Å²) in [5, 5.41) is 0. The number of furan rings is 1. The van der Waals surface area contributed by atoms with E-state index < -0.39 is 0 Å². The van der Waals surface area contributed by atoms with Gasteiger partial charge in [0.05, 0.1) is 11.2 Å². The van der Waals surface area contributed by atoms with Crippen molar-refractivity contribution < 1.29 is 14.0 Å². The van der Waals surface area contributed by atoms with Gasteiger partial charge in [0, 0.05) is 38.9 Å². The van der Waals surface area contributed by atoms with Gasteiger partial charge in [0.1, 0.15) is 4.32 Å². The van der Waals surface area contributed by atoms with Gasteiger partial charge < -0.3 is 14.2 Å². The molecule has 2 amide bonds. The SMILES string of the molecule is CCN1C(=O)/C(=C/N2CCN(C(=O)c3ccco3)CC2)SC1=S. The van der Waals surface area contributed by atoms with E-state index in [4.69, 9.17) is 16.6 Å². The van der Waals surface area contributed by atoms with Crippen molar-refractivity contribution in [3.8, 4) is 0 Å². The molecule has 0 radical (unpaired) electrons. The van der Waals surface area contributed by atoms with E-state index >= 15 is 0 Å². The molecule has 3 heterocycles. The molecule has 0 N–H and O–H groups in total. The molecule has 2 aliphatic heterocycles. The zero-order valence-corrected chi connectivity index (χ0v) is 14.4. The fourth-order valence-electron chi connectivity index (χ4n) is 2.54. The fourth-order valence-corrected chi connectivity index (χ4v) is 3.93. The average molecular weight is 351 g/mol. The minimum absolute atomic E-state index is 0.0309. The van der Waals surface area contributed by atoms with E-state index in [0.29, 0.717) is 47.7 Å². The van der Waals surface area contributed by atoms with Gasteiger partial charge in [0.15, 0.2) is 5.76 Å². The Balaban J connectivity index is 1.59. The highest BCUT2D eigenvalue weighted by atomic mass is 32.2. The maximum atomic E-state index is 12.2. The van der Waals surface area contributed by atoms with Crippen molar-refractivity contribution in [3.63, 3.8) is 0 Å². The first kappa shape index (κ1) is 16.1. The van der Waals surface area contributed by atoms with E-state index in [-0.39, 0.29) is 11.8 Å². The summed E-state index contributed by atoms with van der Waals surface area (Å²) in [6.45, 7) is 5.07. The molecule has 1 aromatic rings. The van der Waals surface area contributed by atoms with E-state index in [2.05, 4.69) is 4.90 Å². The second kappa shape index (κ2) is 6.76. The predicted octanol–water partition coefficient (Wildman–Crippen LogP) is 1.76. The third-order valence-corrected chi connectivity index (χ3v) is 5.19. The molecule has 0 spiro atoms. The van der Waals surface area contributed by atoms with Crippen molar-refractivity contribution in [2.24, 2.45) is 0 Å². The lowest BCUT2D eigenvalue weighted by atomic mass is 10.3. The molecule has 0 bridgehead atoms. The van der Waals surface area contributed by atoms with Crippen molar-refractivity contribution in [2.45, 2.75) is 6.92 Å². The Morgan fingerprint density at radius 3 is 2.70 bits per heavy atom. The van der Waals surface area contributed by atoms with Crippen LogP contribution in [0, 0.1) is 0 Å². The molecule has 8 heteroatoms. The van der Waals surface area contributed by atoms with E-state index in [0.717, 1.165) is 0 Å². The Hall–Kier alpha value is -1.80. The molecule has 6 nitrogen and oxygen atoms in total. The number of nitrogens with zero attached hydrogens (tertiary/aromatic N) is 3. The van der Waals surface area contributed by atoms with Crippen LogP contribution in [0.25, 0.3) is 0 Å². The Labute approximate surface area is 144 Å². The van der Waals surface area contributed by atoms with Crippen molar-refractivity contribution in [1.29, 1.82) is 0 Å². The molecule has 0 atom stereocenters. The largest absolute Gasteiger partial charge is 0.459 e. The molecule has 0 saturated carbocycles. The zero-order chi connectivity index (χ0) is 16.4. The summed E-state index contributed by atoms with van der Waals surface area (Å²) in [6.07, 6.45) is 3.36. The lowest BCUT2D eigenvalue weighted by molar-refractivity contribution is -0.122. The van der Waals surface area contributed by atoms with Crippen LogP contribution in [0.2, 0.25) is 0 Å². The van der Waals surface area contributed by atoms with Crippen LogP contribution in [0.5, 0.6) is 0 Å². The van der Waals surface area contributed by atoms with Crippen LogP contribution in [0.1, 0.15) is 17.5 Å². The Kier molecular flexibility index (Phi) is 4.72. The summed E-state index contributed by atoms with van der Waals surface area (Å²) in [5.74, 6) is 0.241. The van der Waals surface area contributed by atoms with Gasteiger partial charge in [-0.05, 0) is 19.1 Å². The molecular formula is C15H17N3O3S2. The van der Waals surface area contributed by atoms with E-state index in [1.807, 2.05) is 13.1 Å². The fraction of sp³-hybridized carbons (Fsp3) is 0.400. The summed E-state index contributed by atoms with van der Waals surface area (Å²) in [4.78, 5) is 30.5. The van der Waals surface area contributed by atoms with E-state index in [1.54, 1.807) is 21.9 Å². The second-order valence-electron chi connectivity index (χ2n) is 5.22. The van der Waals surface area contributed by atoms with Gasteiger partial charge in [-0.25, -0.2) is 0 Å². The van der Waals surface area contributed by atoms with E-state index in [1.165, 1.54) is 18.0 Å². The molecule has 3 rings (SSSR count). The van der Waals surface area contributed by atoms with Gasteiger partial charge in [-0.3, -0.25) is 14.5 Å². The highest BCUT2D eigenvalue weighted by molar-refractivity contribution is 8.26. The maximum Gasteiger partial charge on any atom is 0.289 e. The molecular weight excluding hydrogens is 334 g/mol. The number of piperazine rings is 1. The number of likely N-dealkylation sites (N-methyl/N-ethyl adjacent to an activating group) is 1. The molecule has 1 aromatic heterocycles. The number of amides is 2. The summed E-state index contributed by atoms with van der Waals surface area (Å²) >= 11 is 6.54. The van der Waals surface area contributed by atoms with Crippen molar-refractivity contribution >= 4 is 40.1 Å². The van der Waals surface area contributed by atoms with Crippen molar-refractivity contribution in [3.05, 3.63) is 35.3 Å². The third kappa shape index (κ3) is 3.28. The van der Waals surface area contributed by atoms with Gasteiger partial charge in [-0.2, -0.15) is 0 Å². The molecule has 0 aromatic carbocycles. The average Bonchev–Trinajstić information content (AvgIpc) is 3.17. The smallest absolute Gasteiger partial charge is 0.289 e. The van der Waals surface area contributed by atoms with Gasteiger partial charge >= 0.3 is 0 Å². The lowest BCUT2D eigenvalue weighted by Gasteiger charge is -2.33. The standard InChI is InChI=1S/C15H17N3O3S2/c1-2-18-14(20)12(23-15(18)22)10-16-5-7-17(8-6-16)13(19)11-4-3-9-21-11/h3-4,9-10H,2,5-8H2,1H3/b12-10-. The molecule has 0 aliphatic carbocycles. The summed E-state index contributed by atoms with van der Waals surface area (Å²) in [6, 6.07) is 3.38. The molecule has 2 saturated heterocycles.